The zero-order valence-electron chi connectivity index (χ0n) is 10.8. The summed E-state index contributed by atoms with van der Waals surface area (Å²) < 4.78 is 25.0. The van der Waals surface area contributed by atoms with Crippen molar-refractivity contribution in [3.05, 3.63) is 0 Å². The van der Waals surface area contributed by atoms with Crippen molar-refractivity contribution < 1.29 is 18.3 Å². The Morgan fingerprint density at radius 1 is 1.33 bits per heavy atom. The first-order chi connectivity index (χ1) is 8.39. The Kier molecular flexibility index (Phi) is 6.04. The van der Waals surface area contributed by atoms with Crippen LogP contribution in [0.1, 0.15) is 26.2 Å². The van der Waals surface area contributed by atoms with E-state index in [1.165, 1.54) is 19.3 Å². The summed E-state index contributed by atoms with van der Waals surface area (Å²) in [5.41, 5.74) is 0. The van der Waals surface area contributed by atoms with Crippen LogP contribution in [-0.4, -0.2) is 56.3 Å². The molecule has 2 N–H and O–H groups in total. The predicted octanol–water partition coefficient (Wildman–Crippen LogP) is 0.112. The maximum absolute atomic E-state index is 11.3. The monoisotopic (exact) mass is 278 g/mol. The fraction of sp³-hybridized carbons (Fsp3) is 0.909. The number of piperidine rings is 1. The lowest BCUT2D eigenvalue weighted by Gasteiger charge is -2.29. The maximum Gasteiger partial charge on any atom is 0.320 e. The number of nitrogens with zero attached hydrogens (tertiary/aromatic N) is 1. The molecule has 1 rings (SSSR count). The second kappa shape index (κ2) is 7.06. The van der Waals surface area contributed by atoms with Crippen molar-refractivity contribution >= 4 is 16.0 Å². The molecule has 1 saturated heterocycles. The highest BCUT2D eigenvalue weighted by Gasteiger charge is 2.18. The van der Waals surface area contributed by atoms with Gasteiger partial charge >= 0.3 is 5.97 Å². The highest BCUT2D eigenvalue weighted by molar-refractivity contribution is 7.90. The number of hydrogen-bond donors (Lipinski definition) is 2. The van der Waals surface area contributed by atoms with Crippen LogP contribution in [0.5, 0.6) is 0 Å². The van der Waals surface area contributed by atoms with E-state index in [0.717, 1.165) is 19.6 Å². The van der Waals surface area contributed by atoms with Gasteiger partial charge in [0.2, 0.25) is 10.0 Å². The number of hydrogen-bond acceptors (Lipinski definition) is 4. The van der Waals surface area contributed by atoms with Crippen molar-refractivity contribution in [1.29, 1.82) is 0 Å². The van der Waals surface area contributed by atoms with E-state index in [2.05, 4.69) is 9.62 Å². The zero-order chi connectivity index (χ0) is 13.6. The van der Waals surface area contributed by atoms with Gasteiger partial charge in [0.15, 0.2) is 5.75 Å². The third-order valence-corrected chi connectivity index (χ3v) is 4.22. The second-order valence-electron chi connectivity index (χ2n) is 4.97. The molecule has 6 nitrogen and oxygen atoms in total. The fourth-order valence-electron chi connectivity index (χ4n) is 2.13. The lowest BCUT2D eigenvalue weighted by Crippen LogP contribution is -2.39. The van der Waals surface area contributed by atoms with Gasteiger partial charge in [-0.05, 0) is 31.8 Å². The van der Waals surface area contributed by atoms with E-state index < -0.39 is 21.7 Å². The number of nitrogens with one attached hydrogen (secondary N) is 1. The Morgan fingerprint density at radius 3 is 2.50 bits per heavy atom. The van der Waals surface area contributed by atoms with E-state index in [0.29, 0.717) is 6.54 Å². The van der Waals surface area contributed by atoms with Crippen LogP contribution in [0.15, 0.2) is 0 Å². The fourth-order valence-corrected chi connectivity index (χ4v) is 3.10. The largest absolute Gasteiger partial charge is 0.480 e. The Balaban J connectivity index is 2.27. The van der Waals surface area contributed by atoms with E-state index >= 15 is 0 Å². The third kappa shape index (κ3) is 6.32. The molecule has 0 spiro atoms. The molecule has 0 aromatic carbocycles. The van der Waals surface area contributed by atoms with Crippen LogP contribution < -0.4 is 4.72 Å². The number of rotatable bonds is 7. The first-order valence-electron chi connectivity index (χ1n) is 6.30. The Morgan fingerprint density at radius 2 is 1.94 bits per heavy atom. The number of carboxylic acids is 1. The molecule has 1 aliphatic heterocycles. The molecule has 0 aromatic rings. The van der Waals surface area contributed by atoms with Gasteiger partial charge in [0, 0.05) is 13.1 Å². The molecule has 0 saturated carbocycles. The van der Waals surface area contributed by atoms with E-state index in [-0.39, 0.29) is 5.92 Å². The van der Waals surface area contributed by atoms with E-state index in [4.69, 9.17) is 5.11 Å². The summed E-state index contributed by atoms with van der Waals surface area (Å²) in [5, 5.41) is 8.45. The molecular formula is C11H22N2O4S. The van der Waals surface area contributed by atoms with E-state index in [9.17, 15) is 13.2 Å². The lowest BCUT2D eigenvalue weighted by atomic mass is 10.1. The van der Waals surface area contributed by atoms with Gasteiger partial charge in [0.1, 0.15) is 0 Å². The highest BCUT2D eigenvalue weighted by atomic mass is 32.2. The molecule has 1 atom stereocenters. The van der Waals surface area contributed by atoms with Crippen molar-refractivity contribution in [1.82, 2.24) is 9.62 Å². The molecule has 1 unspecified atom stereocenters. The summed E-state index contributed by atoms with van der Waals surface area (Å²) in [6.07, 6.45) is 3.69. The van der Waals surface area contributed by atoms with Crippen LogP contribution in [-0.2, 0) is 14.8 Å². The predicted molar refractivity (Wildman–Crippen MR) is 68.9 cm³/mol. The normalized spacial score (nSPS) is 19.6. The van der Waals surface area contributed by atoms with Gasteiger partial charge in [0.25, 0.3) is 0 Å². The van der Waals surface area contributed by atoms with Gasteiger partial charge in [-0.3, -0.25) is 4.79 Å². The lowest BCUT2D eigenvalue weighted by molar-refractivity contribution is -0.134. The molecule has 1 heterocycles. The third-order valence-electron chi connectivity index (χ3n) is 2.98. The molecule has 1 fully saturated rings. The number of carboxylic acid groups (broad SMARTS) is 1. The average Bonchev–Trinajstić information content (AvgIpc) is 2.26. The topological polar surface area (TPSA) is 86.7 Å². The summed E-state index contributed by atoms with van der Waals surface area (Å²) >= 11 is 0. The van der Waals surface area contributed by atoms with Crippen molar-refractivity contribution in [2.45, 2.75) is 26.2 Å². The van der Waals surface area contributed by atoms with Crippen LogP contribution in [0.4, 0.5) is 0 Å². The van der Waals surface area contributed by atoms with Crippen molar-refractivity contribution in [2.75, 3.05) is 31.9 Å². The molecule has 18 heavy (non-hydrogen) atoms. The quantitative estimate of drug-likeness (QED) is 0.690. The van der Waals surface area contributed by atoms with Crippen LogP contribution >= 0.6 is 0 Å². The molecule has 106 valence electrons. The van der Waals surface area contributed by atoms with Gasteiger partial charge in [-0.25, -0.2) is 13.1 Å². The van der Waals surface area contributed by atoms with Crippen LogP contribution in [0.3, 0.4) is 0 Å². The molecule has 0 amide bonds. The van der Waals surface area contributed by atoms with E-state index in [1.54, 1.807) is 0 Å². The maximum atomic E-state index is 11.3. The Hall–Kier alpha value is -0.660. The van der Waals surface area contributed by atoms with Gasteiger partial charge in [-0.15, -0.1) is 0 Å². The molecular weight excluding hydrogens is 256 g/mol. The van der Waals surface area contributed by atoms with Gasteiger partial charge in [-0.1, -0.05) is 13.3 Å². The number of sulfonamides is 1. The summed E-state index contributed by atoms with van der Waals surface area (Å²) in [6.45, 7) is 5.28. The molecule has 7 heteroatoms. The smallest absolute Gasteiger partial charge is 0.320 e. The minimum atomic E-state index is -3.68. The van der Waals surface area contributed by atoms with Crippen LogP contribution in [0, 0.1) is 5.92 Å². The Labute approximate surface area is 108 Å². The zero-order valence-corrected chi connectivity index (χ0v) is 11.6. The van der Waals surface area contributed by atoms with Gasteiger partial charge in [-0.2, -0.15) is 0 Å². The van der Waals surface area contributed by atoms with Crippen LogP contribution in [0.2, 0.25) is 0 Å². The summed E-state index contributed by atoms with van der Waals surface area (Å²) in [6, 6.07) is 0. The molecule has 0 aliphatic carbocycles. The molecule has 0 radical (unpaired) electrons. The van der Waals surface area contributed by atoms with Crippen LogP contribution in [0.25, 0.3) is 0 Å². The SMILES string of the molecule is CC(CNS(=O)(=O)CC(=O)O)CN1CCCCC1. The van der Waals surface area contributed by atoms with Gasteiger partial charge in [0.05, 0.1) is 0 Å². The molecule has 0 bridgehead atoms. The molecule has 1 aliphatic rings. The van der Waals surface area contributed by atoms with Crippen molar-refractivity contribution in [3.8, 4) is 0 Å². The summed E-state index contributed by atoms with van der Waals surface area (Å²) in [5.74, 6) is -2.00. The highest BCUT2D eigenvalue weighted by Crippen LogP contribution is 2.10. The van der Waals surface area contributed by atoms with Gasteiger partial charge < -0.3 is 10.0 Å². The first kappa shape index (κ1) is 15.4. The first-order valence-corrected chi connectivity index (χ1v) is 7.96. The van der Waals surface area contributed by atoms with Crippen molar-refractivity contribution in [2.24, 2.45) is 5.92 Å². The number of likely N-dealkylation sites (tertiary alicyclic amines) is 1. The average molecular weight is 278 g/mol. The summed E-state index contributed by atoms with van der Waals surface area (Å²) in [4.78, 5) is 12.7. The second-order valence-corrected chi connectivity index (χ2v) is 6.77. The molecule has 0 aromatic heterocycles. The number of carbonyl (C=O) groups is 1. The number of aliphatic carboxylic acids is 1. The minimum Gasteiger partial charge on any atom is -0.480 e. The standard InChI is InChI=1S/C11H22N2O4S/c1-10(8-13-5-3-2-4-6-13)7-12-18(16,17)9-11(14)15/h10,12H,2-9H2,1H3,(H,14,15). The van der Waals surface area contributed by atoms with Crippen molar-refractivity contribution in [3.63, 3.8) is 0 Å². The summed E-state index contributed by atoms with van der Waals surface area (Å²) in [7, 11) is -3.68. The minimum absolute atomic E-state index is 0.187. The van der Waals surface area contributed by atoms with E-state index in [1.807, 2.05) is 6.92 Å². The Bertz CT molecular complexity index is 363.